The van der Waals surface area contributed by atoms with E-state index in [1.165, 1.54) is 10.8 Å². The van der Waals surface area contributed by atoms with Crippen molar-refractivity contribution in [2.24, 2.45) is 0 Å². The zero-order valence-corrected chi connectivity index (χ0v) is 18.7. The molecule has 0 radical (unpaired) electrons. The lowest BCUT2D eigenvalue weighted by Gasteiger charge is -2.21. The highest BCUT2D eigenvalue weighted by molar-refractivity contribution is 5.95. The van der Waals surface area contributed by atoms with Gasteiger partial charge in [0.2, 0.25) is 0 Å². The Morgan fingerprint density at radius 3 is 2.78 bits per heavy atom. The first-order valence-electron chi connectivity index (χ1n) is 10.4. The number of H-pyrrole nitrogens is 1. The predicted octanol–water partition coefficient (Wildman–Crippen LogP) is 4.52. The van der Waals surface area contributed by atoms with Crippen molar-refractivity contribution in [2.45, 2.75) is 52.7 Å². The number of imidazole rings is 1. The molecule has 0 aliphatic heterocycles. The molecule has 4 rings (SSSR count). The number of aliphatic hydroxyl groups excluding tert-OH is 1. The number of nitrogens with one attached hydrogen (secondary N) is 1. The topological polar surface area (TPSA) is 117 Å². The van der Waals surface area contributed by atoms with Gasteiger partial charge in [-0.05, 0) is 57.4 Å². The number of nitriles is 1. The first-order valence-corrected chi connectivity index (χ1v) is 10.4. The summed E-state index contributed by atoms with van der Waals surface area (Å²) in [5.74, 6) is 0.326. The minimum Gasteiger partial charge on any atom is -0.443 e. The van der Waals surface area contributed by atoms with E-state index < -0.39 is 17.8 Å². The molecule has 1 unspecified atom stereocenters. The van der Waals surface area contributed by atoms with Gasteiger partial charge in [-0.25, -0.2) is 14.8 Å². The van der Waals surface area contributed by atoms with Gasteiger partial charge in [0, 0.05) is 23.3 Å². The quantitative estimate of drug-likeness (QED) is 0.492. The lowest BCUT2D eigenvalue weighted by Crippen LogP contribution is -2.26. The summed E-state index contributed by atoms with van der Waals surface area (Å²) in [4.78, 5) is 24.5. The van der Waals surface area contributed by atoms with Crippen LogP contribution >= 0.6 is 0 Å². The number of hydrogen-bond donors (Lipinski definition) is 2. The Morgan fingerprint density at radius 1 is 1.38 bits per heavy atom. The van der Waals surface area contributed by atoms with Gasteiger partial charge in [-0.15, -0.1) is 0 Å². The van der Waals surface area contributed by atoms with Crippen molar-refractivity contribution in [2.75, 3.05) is 0 Å². The highest BCUT2D eigenvalue weighted by atomic mass is 16.6. The molecular weight excluding hydrogens is 406 g/mol. The van der Waals surface area contributed by atoms with Gasteiger partial charge in [-0.2, -0.15) is 5.26 Å². The molecule has 3 heterocycles. The number of carbonyl (C=O) groups excluding carboxylic acids is 1. The Bertz CT molecular complexity index is 1380. The molecule has 8 heteroatoms. The standard InChI is InChI=1S/C24H25N5O3/c1-6-15-9-13(2)19-16(7-8-29(19)23(31)32-24(3,4)5)18(15)20(30)22-27-17-10-14(11-25)12-26-21(17)28-22/h7-10,12,20,30H,6H2,1-5H3,(H,26,27,28). The number of nitrogens with zero attached hydrogens (tertiary/aromatic N) is 4. The van der Waals surface area contributed by atoms with E-state index in [0.29, 0.717) is 40.1 Å². The van der Waals surface area contributed by atoms with Gasteiger partial charge in [0.05, 0.1) is 11.1 Å². The molecule has 1 atom stereocenters. The van der Waals surface area contributed by atoms with Crippen LogP contribution in [0.15, 0.2) is 30.6 Å². The minimum atomic E-state index is -1.07. The van der Waals surface area contributed by atoms with Crippen LogP contribution in [-0.4, -0.2) is 36.3 Å². The highest BCUT2D eigenvalue weighted by Gasteiger charge is 2.26. The largest absolute Gasteiger partial charge is 0.443 e. The van der Waals surface area contributed by atoms with E-state index in [9.17, 15) is 9.90 Å². The molecule has 0 amide bonds. The fraction of sp³-hybridized carbons (Fsp3) is 0.333. The molecule has 0 fully saturated rings. The van der Waals surface area contributed by atoms with Crippen molar-refractivity contribution in [1.29, 1.82) is 5.26 Å². The number of pyridine rings is 1. The Balaban J connectivity index is 1.87. The number of aromatic nitrogens is 4. The maximum atomic E-state index is 12.8. The lowest BCUT2D eigenvalue weighted by atomic mass is 9.93. The maximum absolute atomic E-state index is 12.8. The van der Waals surface area contributed by atoms with Crippen molar-refractivity contribution in [1.82, 2.24) is 19.5 Å². The number of aromatic amines is 1. The zero-order chi connectivity index (χ0) is 23.2. The van der Waals surface area contributed by atoms with Crippen molar-refractivity contribution in [3.05, 3.63) is 58.7 Å². The first kappa shape index (κ1) is 21.5. The van der Waals surface area contributed by atoms with Crippen molar-refractivity contribution in [3.8, 4) is 6.07 Å². The Labute approximate surface area is 185 Å². The molecule has 32 heavy (non-hydrogen) atoms. The second-order valence-corrected chi connectivity index (χ2v) is 8.78. The van der Waals surface area contributed by atoms with Crippen LogP contribution < -0.4 is 0 Å². The van der Waals surface area contributed by atoms with Gasteiger partial charge in [-0.1, -0.05) is 13.0 Å². The molecule has 164 valence electrons. The lowest BCUT2D eigenvalue weighted by molar-refractivity contribution is 0.0544. The number of hydrogen-bond acceptors (Lipinski definition) is 6. The molecule has 0 bridgehead atoms. The minimum absolute atomic E-state index is 0.326. The number of fused-ring (bicyclic) bond motifs is 2. The van der Waals surface area contributed by atoms with Crippen LogP contribution in [-0.2, 0) is 11.2 Å². The molecular formula is C24H25N5O3. The van der Waals surface area contributed by atoms with E-state index in [1.807, 2.05) is 52.8 Å². The number of aryl methyl sites for hydroxylation is 2. The second kappa shape index (κ2) is 7.77. The first-order chi connectivity index (χ1) is 15.1. The molecule has 0 saturated carbocycles. The molecule has 2 N–H and O–H groups in total. The van der Waals surface area contributed by atoms with E-state index in [0.717, 1.165) is 16.5 Å². The molecule has 0 spiro atoms. The number of aliphatic hydroxyl groups is 1. The summed E-state index contributed by atoms with van der Waals surface area (Å²) in [6.45, 7) is 9.41. The summed E-state index contributed by atoms with van der Waals surface area (Å²) in [5.41, 5.74) is 3.99. The van der Waals surface area contributed by atoms with Gasteiger partial charge in [0.15, 0.2) is 5.65 Å². The fourth-order valence-electron chi connectivity index (χ4n) is 3.95. The van der Waals surface area contributed by atoms with Crippen molar-refractivity contribution < 1.29 is 14.6 Å². The third kappa shape index (κ3) is 3.72. The van der Waals surface area contributed by atoms with Crippen LogP contribution in [0, 0.1) is 18.3 Å². The van der Waals surface area contributed by atoms with Crippen LogP contribution in [0.3, 0.4) is 0 Å². The second-order valence-electron chi connectivity index (χ2n) is 8.78. The summed E-state index contributed by atoms with van der Waals surface area (Å²) in [5, 5.41) is 21.2. The Kier molecular flexibility index (Phi) is 5.23. The predicted molar refractivity (Wildman–Crippen MR) is 120 cm³/mol. The van der Waals surface area contributed by atoms with Crippen LogP contribution in [0.1, 0.15) is 61.9 Å². The highest BCUT2D eigenvalue weighted by Crippen LogP contribution is 2.35. The van der Waals surface area contributed by atoms with Gasteiger partial charge in [0.25, 0.3) is 0 Å². The van der Waals surface area contributed by atoms with E-state index in [-0.39, 0.29) is 0 Å². The summed E-state index contributed by atoms with van der Waals surface area (Å²) in [6, 6.07) is 7.47. The Morgan fingerprint density at radius 2 is 2.12 bits per heavy atom. The molecule has 8 nitrogen and oxygen atoms in total. The molecule has 4 aromatic rings. The van der Waals surface area contributed by atoms with Crippen LogP contribution in [0.2, 0.25) is 0 Å². The summed E-state index contributed by atoms with van der Waals surface area (Å²) >= 11 is 0. The molecule has 0 aliphatic carbocycles. The maximum Gasteiger partial charge on any atom is 0.419 e. The molecule has 0 saturated heterocycles. The Hall–Kier alpha value is -3.70. The van der Waals surface area contributed by atoms with Gasteiger partial charge in [0.1, 0.15) is 29.1 Å². The average Bonchev–Trinajstić information content (AvgIpc) is 3.36. The fourth-order valence-corrected chi connectivity index (χ4v) is 3.95. The third-order valence-corrected chi connectivity index (χ3v) is 5.27. The summed E-state index contributed by atoms with van der Waals surface area (Å²) in [6.07, 6.45) is 2.28. The molecule has 1 aromatic carbocycles. The molecule has 0 aliphatic rings. The smallest absolute Gasteiger partial charge is 0.419 e. The molecule has 3 aromatic heterocycles. The van der Waals surface area contributed by atoms with Crippen molar-refractivity contribution >= 4 is 28.2 Å². The normalized spacial score (nSPS) is 12.8. The van der Waals surface area contributed by atoms with Crippen molar-refractivity contribution in [3.63, 3.8) is 0 Å². The van der Waals surface area contributed by atoms with E-state index in [1.54, 1.807) is 12.3 Å². The van der Waals surface area contributed by atoms with Gasteiger partial charge < -0.3 is 14.8 Å². The van der Waals surface area contributed by atoms with E-state index in [2.05, 4.69) is 15.0 Å². The van der Waals surface area contributed by atoms with E-state index in [4.69, 9.17) is 10.00 Å². The monoisotopic (exact) mass is 431 g/mol. The SMILES string of the molecule is CCc1cc(C)c2c(ccn2C(=O)OC(C)(C)C)c1C(O)c1nc2cc(C#N)cnc2[nH]1. The number of rotatable bonds is 3. The van der Waals surface area contributed by atoms with E-state index >= 15 is 0 Å². The average molecular weight is 431 g/mol. The van der Waals surface area contributed by atoms with Crippen LogP contribution in [0.25, 0.3) is 22.1 Å². The summed E-state index contributed by atoms with van der Waals surface area (Å²) in [7, 11) is 0. The number of benzene rings is 1. The number of ether oxygens (including phenoxy) is 1. The van der Waals surface area contributed by atoms with Gasteiger partial charge in [-0.3, -0.25) is 4.57 Å². The van der Waals surface area contributed by atoms with Crippen LogP contribution in [0.5, 0.6) is 0 Å². The number of carbonyl (C=O) groups is 1. The van der Waals surface area contributed by atoms with Crippen LogP contribution in [0.4, 0.5) is 4.79 Å². The van der Waals surface area contributed by atoms with Gasteiger partial charge >= 0.3 is 6.09 Å². The third-order valence-electron chi connectivity index (χ3n) is 5.27. The zero-order valence-electron chi connectivity index (χ0n) is 18.7. The summed E-state index contributed by atoms with van der Waals surface area (Å²) < 4.78 is 7.03.